The van der Waals surface area contributed by atoms with Crippen LogP contribution in [0.3, 0.4) is 0 Å². The van der Waals surface area contributed by atoms with Crippen LogP contribution in [0, 0.1) is 0 Å². The van der Waals surface area contributed by atoms with Crippen molar-refractivity contribution in [3.63, 3.8) is 0 Å². The van der Waals surface area contributed by atoms with Crippen LogP contribution in [0.1, 0.15) is 19.3 Å². The van der Waals surface area contributed by atoms with Crippen molar-refractivity contribution in [1.82, 2.24) is 9.61 Å². The standard InChI is InChI=1S/C21H25N5O2/c1-26(11-5-2-6-12-26)13-14-28-21-20(19-7-3-4-10-25(19)24-21)23-18-9-8-16(27)15-17(18)22/h3-4,7-10,15H,2,5-6,11-14H2,1H3,(H-,22,27)/p+1. The van der Waals surface area contributed by atoms with E-state index >= 15 is 0 Å². The van der Waals surface area contributed by atoms with Crippen LogP contribution in [0.25, 0.3) is 5.52 Å². The summed E-state index contributed by atoms with van der Waals surface area (Å²) < 4.78 is 8.87. The maximum Gasteiger partial charge on any atom is 0.260 e. The summed E-state index contributed by atoms with van der Waals surface area (Å²) in [6.45, 7) is 3.92. The van der Waals surface area contributed by atoms with Gasteiger partial charge in [-0.15, -0.1) is 5.10 Å². The molecule has 1 saturated heterocycles. The number of likely N-dealkylation sites (N-methyl/N-ethyl adjacent to an activating group) is 1. The maximum atomic E-state index is 11.5. The zero-order valence-corrected chi connectivity index (χ0v) is 16.2. The minimum absolute atomic E-state index is 0.133. The average Bonchev–Trinajstić information content (AvgIpc) is 3.02. The van der Waals surface area contributed by atoms with E-state index in [2.05, 4.69) is 17.1 Å². The monoisotopic (exact) mass is 380 g/mol. The van der Waals surface area contributed by atoms with Crippen molar-refractivity contribution in [3.05, 3.63) is 48.3 Å². The first kappa shape index (κ1) is 18.4. The highest BCUT2D eigenvalue weighted by Crippen LogP contribution is 2.32. The molecule has 0 spiro atoms. The summed E-state index contributed by atoms with van der Waals surface area (Å²) >= 11 is 0. The van der Waals surface area contributed by atoms with Gasteiger partial charge < -0.3 is 15.0 Å². The van der Waals surface area contributed by atoms with Crippen LogP contribution in [0.2, 0.25) is 0 Å². The lowest BCUT2D eigenvalue weighted by Crippen LogP contribution is -2.50. The number of hydrogen-bond acceptors (Lipinski definition) is 5. The summed E-state index contributed by atoms with van der Waals surface area (Å²) in [6, 6.07) is 5.79. The summed E-state index contributed by atoms with van der Waals surface area (Å²) in [5.41, 5.74) is 8.34. The van der Waals surface area contributed by atoms with E-state index < -0.39 is 0 Å². The summed E-state index contributed by atoms with van der Waals surface area (Å²) in [6.07, 6.45) is 10.2. The second kappa shape index (κ2) is 7.59. The number of allylic oxidation sites excluding steroid dienone is 3. The summed E-state index contributed by atoms with van der Waals surface area (Å²) in [5, 5.41) is 4.55. The van der Waals surface area contributed by atoms with Gasteiger partial charge in [0.1, 0.15) is 13.2 Å². The molecule has 2 N–H and O–H groups in total. The Morgan fingerprint density at radius 3 is 2.86 bits per heavy atom. The number of ether oxygens (including phenoxy) is 1. The first-order valence-corrected chi connectivity index (χ1v) is 9.76. The lowest BCUT2D eigenvalue weighted by atomic mass is 10.1. The molecule has 2 aliphatic rings. The molecule has 1 aliphatic carbocycles. The first-order valence-electron chi connectivity index (χ1n) is 9.76. The van der Waals surface area contributed by atoms with Gasteiger partial charge in [-0.25, -0.2) is 9.51 Å². The predicted octanol–water partition coefficient (Wildman–Crippen LogP) is 2.40. The van der Waals surface area contributed by atoms with Crippen LogP contribution in [-0.2, 0) is 4.79 Å². The predicted molar refractivity (Wildman–Crippen MR) is 109 cm³/mol. The molecule has 0 amide bonds. The number of ketones is 1. The van der Waals surface area contributed by atoms with Crippen LogP contribution in [0.5, 0.6) is 5.88 Å². The van der Waals surface area contributed by atoms with E-state index in [0.717, 1.165) is 16.5 Å². The fourth-order valence-corrected chi connectivity index (χ4v) is 3.78. The van der Waals surface area contributed by atoms with Crippen LogP contribution in [0.15, 0.2) is 53.3 Å². The maximum absolute atomic E-state index is 11.5. The van der Waals surface area contributed by atoms with Crippen molar-refractivity contribution < 1.29 is 14.0 Å². The van der Waals surface area contributed by atoms with Crippen LogP contribution >= 0.6 is 0 Å². The third-order valence-electron chi connectivity index (χ3n) is 5.48. The van der Waals surface area contributed by atoms with Crippen LogP contribution < -0.4 is 10.5 Å². The number of carbonyl (C=O) groups is 1. The molecule has 3 heterocycles. The summed E-state index contributed by atoms with van der Waals surface area (Å²) in [4.78, 5) is 16.2. The Balaban J connectivity index is 1.60. The van der Waals surface area contributed by atoms with Gasteiger partial charge in [-0.1, -0.05) is 6.07 Å². The van der Waals surface area contributed by atoms with Gasteiger partial charge in [0.25, 0.3) is 5.88 Å². The van der Waals surface area contributed by atoms with Crippen molar-refractivity contribution in [1.29, 1.82) is 0 Å². The lowest BCUT2D eigenvalue weighted by molar-refractivity contribution is -0.914. The van der Waals surface area contributed by atoms with Gasteiger partial charge in [0.15, 0.2) is 11.5 Å². The Kier molecular flexibility index (Phi) is 5.00. The zero-order valence-electron chi connectivity index (χ0n) is 16.2. The molecule has 2 aromatic heterocycles. The zero-order chi connectivity index (χ0) is 19.6. The number of rotatable bonds is 5. The van der Waals surface area contributed by atoms with E-state index in [1.165, 1.54) is 44.5 Å². The van der Waals surface area contributed by atoms with E-state index in [4.69, 9.17) is 10.5 Å². The van der Waals surface area contributed by atoms with Crippen LogP contribution in [0.4, 0.5) is 5.69 Å². The van der Waals surface area contributed by atoms with E-state index in [1.54, 1.807) is 10.6 Å². The van der Waals surface area contributed by atoms with E-state index in [9.17, 15) is 4.79 Å². The van der Waals surface area contributed by atoms with Crippen molar-refractivity contribution in [2.24, 2.45) is 10.7 Å². The van der Waals surface area contributed by atoms with Gasteiger partial charge in [-0.05, 0) is 43.5 Å². The summed E-state index contributed by atoms with van der Waals surface area (Å²) in [5.74, 6) is 0.353. The van der Waals surface area contributed by atoms with E-state index in [-0.39, 0.29) is 5.78 Å². The quantitative estimate of drug-likeness (QED) is 0.638. The number of nitrogens with zero attached hydrogens (tertiary/aromatic N) is 4. The molecule has 2 aromatic rings. The van der Waals surface area contributed by atoms with Gasteiger partial charge in [-0.3, -0.25) is 4.79 Å². The second-order valence-corrected chi connectivity index (χ2v) is 7.72. The molecule has 0 atom stereocenters. The van der Waals surface area contributed by atoms with Crippen molar-refractivity contribution >= 4 is 22.7 Å². The van der Waals surface area contributed by atoms with Gasteiger partial charge in [0.05, 0.1) is 37.1 Å². The Morgan fingerprint density at radius 2 is 2.07 bits per heavy atom. The molecule has 7 nitrogen and oxygen atoms in total. The summed E-state index contributed by atoms with van der Waals surface area (Å²) in [7, 11) is 2.29. The number of fused-ring (bicyclic) bond motifs is 1. The van der Waals surface area contributed by atoms with Gasteiger partial charge in [-0.2, -0.15) is 0 Å². The number of carbonyl (C=O) groups excluding carboxylic acids is 1. The normalized spacial score (nSPS) is 20.5. The lowest BCUT2D eigenvalue weighted by Gasteiger charge is -2.37. The number of pyridine rings is 1. The molecular weight excluding hydrogens is 354 g/mol. The van der Waals surface area contributed by atoms with E-state index in [1.807, 2.05) is 24.4 Å². The average molecular weight is 380 g/mol. The number of hydrogen-bond donors (Lipinski definition) is 1. The van der Waals surface area contributed by atoms with Gasteiger partial charge >= 0.3 is 0 Å². The molecule has 28 heavy (non-hydrogen) atoms. The Labute approximate surface area is 164 Å². The molecule has 1 fully saturated rings. The molecular formula is C21H26N5O2+. The smallest absolute Gasteiger partial charge is 0.260 e. The molecule has 4 rings (SSSR count). The fraction of sp³-hybridized carbons (Fsp3) is 0.381. The largest absolute Gasteiger partial charge is 0.469 e. The molecule has 0 radical (unpaired) electrons. The number of likely N-dealkylation sites (tertiary alicyclic amines) is 1. The molecule has 0 aromatic carbocycles. The third kappa shape index (κ3) is 3.84. The van der Waals surface area contributed by atoms with Crippen molar-refractivity contribution in [3.8, 4) is 5.88 Å². The number of aromatic nitrogens is 2. The molecule has 7 heteroatoms. The molecule has 0 saturated carbocycles. The topological polar surface area (TPSA) is 82.0 Å². The van der Waals surface area contributed by atoms with Crippen molar-refractivity contribution in [2.75, 3.05) is 33.3 Å². The second-order valence-electron chi connectivity index (χ2n) is 7.72. The highest BCUT2D eigenvalue weighted by Gasteiger charge is 2.25. The number of nitrogens with two attached hydrogens (primary N) is 1. The molecule has 0 bridgehead atoms. The Morgan fingerprint density at radius 1 is 1.25 bits per heavy atom. The SMILES string of the molecule is C[N+]1(CCOc2nn3ccccc3c2N=C2C=CC(=O)C=C2N)CCCCC1. The van der Waals surface area contributed by atoms with Gasteiger partial charge in [0.2, 0.25) is 0 Å². The molecule has 0 unspecified atom stereocenters. The number of aliphatic imine (C=N–C) groups is 1. The fourth-order valence-electron chi connectivity index (χ4n) is 3.78. The minimum Gasteiger partial charge on any atom is -0.469 e. The highest BCUT2D eigenvalue weighted by atomic mass is 16.5. The Bertz CT molecular complexity index is 980. The van der Waals surface area contributed by atoms with E-state index in [0.29, 0.717) is 29.6 Å². The number of piperidine rings is 1. The third-order valence-corrected chi connectivity index (χ3v) is 5.48. The van der Waals surface area contributed by atoms with Crippen LogP contribution in [-0.4, -0.2) is 58.9 Å². The minimum atomic E-state index is -0.133. The van der Waals surface area contributed by atoms with Gasteiger partial charge in [0, 0.05) is 12.3 Å². The number of quaternary nitrogens is 1. The molecule has 146 valence electrons. The highest BCUT2D eigenvalue weighted by molar-refractivity contribution is 6.20. The first-order chi connectivity index (χ1) is 13.5. The molecule has 1 aliphatic heterocycles. The van der Waals surface area contributed by atoms with Crippen molar-refractivity contribution in [2.45, 2.75) is 19.3 Å². The Hall–Kier alpha value is -2.93.